The maximum atomic E-state index is 12.1. The van der Waals surface area contributed by atoms with E-state index < -0.39 is 18.4 Å². The zero-order valence-corrected chi connectivity index (χ0v) is 8.53. The number of hydrogen-bond acceptors (Lipinski definition) is 4. The second-order valence-electron chi connectivity index (χ2n) is 3.39. The van der Waals surface area contributed by atoms with Gasteiger partial charge in [0, 0.05) is 5.69 Å². The first-order chi connectivity index (χ1) is 7.96. The highest BCUT2D eigenvalue weighted by Gasteiger charge is 2.30. The Morgan fingerprint density at radius 1 is 1.24 bits per heavy atom. The van der Waals surface area contributed by atoms with Crippen molar-refractivity contribution in [3.63, 3.8) is 0 Å². The second kappa shape index (κ2) is 4.08. The fraction of sp³-hybridized carbons (Fsp3) is 0.200. The van der Waals surface area contributed by atoms with E-state index in [-0.39, 0.29) is 5.89 Å². The number of anilines is 1. The lowest BCUT2D eigenvalue weighted by Crippen LogP contribution is -2.12. The third kappa shape index (κ3) is 2.74. The standard InChI is InChI=1S/C10H8F3N3O/c11-10(12,13)5-8-15-9(17-16-8)6-3-1-2-4-7(6)14/h1-4H,5,14H2. The lowest BCUT2D eigenvalue weighted by Gasteiger charge is -2.00. The molecule has 1 aromatic carbocycles. The quantitative estimate of drug-likeness (QED) is 0.822. The third-order valence-electron chi connectivity index (χ3n) is 2.02. The van der Waals surface area contributed by atoms with E-state index in [9.17, 15) is 13.2 Å². The Hall–Kier alpha value is -2.05. The van der Waals surface area contributed by atoms with Crippen LogP contribution in [0.3, 0.4) is 0 Å². The molecule has 0 aliphatic rings. The highest BCUT2D eigenvalue weighted by atomic mass is 19.4. The molecular weight excluding hydrogens is 235 g/mol. The van der Waals surface area contributed by atoms with Crippen molar-refractivity contribution in [2.75, 3.05) is 5.73 Å². The molecule has 1 aromatic heterocycles. The molecule has 0 aliphatic heterocycles. The maximum absolute atomic E-state index is 12.1. The summed E-state index contributed by atoms with van der Waals surface area (Å²) in [7, 11) is 0. The summed E-state index contributed by atoms with van der Waals surface area (Å²) in [5.74, 6) is -0.418. The molecule has 4 nitrogen and oxygen atoms in total. The van der Waals surface area contributed by atoms with E-state index in [0.29, 0.717) is 11.3 Å². The normalized spacial score (nSPS) is 11.7. The van der Waals surface area contributed by atoms with Crippen LogP contribution in [0.4, 0.5) is 18.9 Å². The van der Waals surface area contributed by atoms with Crippen molar-refractivity contribution >= 4 is 5.69 Å². The largest absolute Gasteiger partial charge is 0.398 e. The van der Waals surface area contributed by atoms with Gasteiger partial charge in [0.15, 0.2) is 5.82 Å². The average Bonchev–Trinajstić information content (AvgIpc) is 2.64. The molecule has 2 rings (SSSR count). The van der Waals surface area contributed by atoms with Crippen molar-refractivity contribution in [1.29, 1.82) is 0 Å². The molecule has 0 aliphatic carbocycles. The van der Waals surface area contributed by atoms with Crippen molar-refractivity contribution in [3.05, 3.63) is 30.1 Å². The molecule has 90 valence electrons. The zero-order chi connectivity index (χ0) is 12.5. The van der Waals surface area contributed by atoms with Gasteiger partial charge in [0.1, 0.15) is 6.42 Å². The molecule has 7 heteroatoms. The van der Waals surface area contributed by atoms with Crippen LogP contribution in [0.5, 0.6) is 0 Å². The van der Waals surface area contributed by atoms with Gasteiger partial charge in [-0.05, 0) is 12.1 Å². The van der Waals surface area contributed by atoms with Crippen LogP contribution < -0.4 is 5.73 Å². The van der Waals surface area contributed by atoms with Crippen LogP contribution in [-0.2, 0) is 6.42 Å². The van der Waals surface area contributed by atoms with Crippen LogP contribution in [0.1, 0.15) is 5.82 Å². The van der Waals surface area contributed by atoms with Gasteiger partial charge in [0.05, 0.1) is 5.56 Å². The monoisotopic (exact) mass is 243 g/mol. The van der Waals surface area contributed by atoms with E-state index in [1.807, 2.05) is 0 Å². The molecular formula is C10H8F3N3O. The summed E-state index contributed by atoms with van der Waals surface area (Å²) in [4.78, 5) is 3.65. The van der Waals surface area contributed by atoms with Crippen LogP contribution in [0, 0.1) is 0 Å². The van der Waals surface area contributed by atoms with Crippen molar-refractivity contribution in [2.24, 2.45) is 0 Å². The Morgan fingerprint density at radius 3 is 2.59 bits per heavy atom. The molecule has 0 radical (unpaired) electrons. The molecule has 2 N–H and O–H groups in total. The number of benzene rings is 1. The topological polar surface area (TPSA) is 64.9 Å². The SMILES string of the molecule is Nc1ccccc1-c1nc(CC(F)(F)F)no1. The fourth-order valence-corrected chi connectivity index (χ4v) is 1.31. The van der Waals surface area contributed by atoms with Gasteiger partial charge in [0.25, 0.3) is 5.89 Å². The molecule has 0 saturated heterocycles. The Bertz CT molecular complexity index is 522. The lowest BCUT2D eigenvalue weighted by molar-refractivity contribution is -0.128. The molecule has 17 heavy (non-hydrogen) atoms. The Balaban J connectivity index is 2.28. The Morgan fingerprint density at radius 2 is 1.94 bits per heavy atom. The predicted octanol–water partition coefficient (Wildman–Crippen LogP) is 2.42. The van der Waals surface area contributed by atoms with Crippen LogP contribution in [-0.4, -0.2) is 16.3 Å². The minimum absolute atomic E-state index is 0.0117. The Labute approximate surface area is 94.2 Å². The van der Waals surface area contributed by atoms with Crippen molar-refractivity contribution in [1.82, 2.24) is 10.1 Å². The van der Waals surface area contributed by atoms with Gasteiger partial charge < -0.3 is 10.3 Å². The second-order valence-corrected chi connectivity index (χ2v) is 3.39. The van der Waals surface area contributed by atoms with Gasteiger partial charge in [-0.1, -0.05) is 17.3 Å². The molecule has 0 bridgehead atoms. The summed E-state index contributed by atoms with van der Waals surface area (Å²) in [6, 6.07) is 6.58. The molecule has 0 fully saturated rings. The number of nitrogens with two attached hydrogens (primary N) is 1. The first-order valence-electron chi connectivity index (χ1n) is 4.70. The van der Waals surface area contributed by atoms with Crippen molar-refractivity contribution in [2.45, 2.75) is 12.6 Å². The van der Waals surface area contributed by atoms with E-state index >= 15 is 0 Å². The van der Waals surface area contributed by atoms with Crippen molar-refractivity contribution < 1.29 is 17.7 Å². The Kier molecular flexibility index (Phi) is 2.74. The van der Waals surface area contributed by atoms with E-state index in [4.69, 9.17) is 10.3 Å². The summed E-state index contributed by atoms with van der Waals surface area (Å²) >= 11 is 0. The van der Waals surface area contributed by atoms with E-state index in [1.54, 1.807) is 24.3 Å². The van der Waals surface area contributed by atoms with Crippen LogP contribution >= 0.6 is 0 Å². The van der Waals surface area contributed by atoms with Crippen molar-refractivity contribution in [3.8, 4) is 11.5 Å². The highest BCUT2D eigenvalue weighted by molar-refractivity contribution is 5.69. The first kappa shape index (κ1) is 11.4. The minimum Gasteiger partial charge on any atom is -0.398 e. The molecule has 0 spiro atoms. The number of para-hydroxylation sites is 1. The number of rotatable bonds is 2. The van der Waals surface area contributed by atoms with Gasteiger partial charge >= 0.3 is 6.18 Å². The van der Waals surface area contributed by atoms with Gasteiger partial charge in [-0.3, -0.25) is 0 Å². The summed E-state index contributed by atoms with van der Waals surface area (Å²) < 4.78 is 41.0. The number of hydrogen-bond donors (Lipinski definition) is 1. The number of alkyl halides is 3. The molecule has 0 amide bonds. The summed E-state index contributed by atoms with van der Waals surface area (Å²) in [5, 5.41) is 3.26. The van der Waals surface area contributed by atoms with Gasteiger partial charge in [-0.2, -0.15) is 18.2 Å². The fourth-order valence-electron chi connectivity index (χ4n) is 1.31. The summed E-state index contributed by atoms with van der Waals surface area (Å²) in [6.07, 6.45) is -5.58. The number of aromatic nitrogens is 2. The van der Waals surface area contributed by atoms with E-state index in [1.165, 1.54) is 0 Å². The van der Waals surface area contributed by atoms with E-state index in [2.05, 4.69) is 10.1 Å². The highest BCUT2D eigenvalue weighted by Crippen LogP contribution is 2.25. The number of halogens is 3. The zero-order valence-electron chi connectivity index (χ0n) is 8.53. The molecule has 2 aromatic rings. The molecule has 0 unspecified atom stereocenters. The van der Waals surface area contributed by atoms with Crippen LogP contribution in [0.2, 0.25) is 0 Å². The predicted molar refractivity (Wildman–Crippen MR) is 53.9 cm³/mol. The third-order valence-corrected chi connectivity index (χ3v) is 2.02. The van der Waals surface area contributed by atoms with E-state index in [0.717, 1.165) is 0 Å². The average molecular weight is 243 g/mol. The van der Waals surface area contributed by atoms with Gasteiger partial charge in [0.2, 0.25) is 0 Å². The van der Waals surface area contributed by atoms with Crippen LogP contribution in [0.25, 0.3) is 11.5 Å². The number of nitrogen functional groups attached to an aromatic ring is 1. The van der Waals surface area contributed by atoms with Gasteiger partial charge in [-0.25, -0.2) is 0 Å². The minimum atomic E-state index is -4.36. The smallest absolute Gasteiger partial charge is 0.396 e. The molecule has 1 heterocycles. The first-order valence-corrected chi connectivity index (χ1v) is 4.70. The molecule has 0 saturated carbocycles. The summed E-state index contributed by atoms with van der Waals surface area (Å²) in [5.41, 5.74) is 6.43. The summed E-state index contributed by atoms with van der Waals surface area (Å²) in [6.45, 7) is 0. The van der Waals surface area contributed by atoms with Gasteiger partial charge in [-0.15, -0.1) is 0 Å². The lowest BCUT2D eigenvalue weighted by atomic mass is 10.2. The number of nitrogens with zero attached hydrogens (tertiary/aromatic N) is 2. The van der Waals surface area contributed by atoms with Crippen LogP contribution in [0.15, 0.2) is 28.8 Å². The molecule has 0 atom stereocenters. The maximum Gasteiger partial charge on any atom is 0.396 e.